The first-order valence-corrected chi connectivity index (χ1v) is 9.91. The number of anilines is 3. The van der Waals surface area contributed by atoms with Crippen LogP contribution in [-0.2, 0) is 0 Å². The number of ether oxygens (including phenoxy) is 1. The van der Waals surface area contributed by atoms with Crippen molar-refractivity contribution in [1.82, 2.24) is 25.5 Å². The molecule has 3 N–H and O–H groups in total. The fourth-order valence-electron chi connectivity index (χ4n) is 3.54. The van der Waals surface area contributed by atoms with Crippen molar-refractivity contribution in [3.05, 3.63) is 42.4 Å². The summed E-state index contributed by atoms with van der Waals surface area (Å²) in [4.78, 5) is 10.5. The maximum atomic E-state index is 8.82. The molecular formula is C21H25ClN8O. The molecule has 0 spiro atoms. The molecule has 1 aromatic carbocycles. The molecule has 1 aliphatic heterocycles. The summed E-state index contributed by atoms with van der Waals surface area (Å²) in [6.07, 6.45) is 4.02. The lowest BCUT2D eigenvalue weighted by Crippen LogP contribution is -2.50. The zero-order valence-corrected chi connectivity index (χ0v) is 18.2. The molecule has 0 aliphatic carbocycles. The number of aromatic nitrogens is 4. The minimum absolute atomic E-state index is 0. The van der Waals surface area contributed by atoms with Crippen molar-refractivity contribution in [2.45, 2.75) is 19.4 Å². The third-order valence-electron chi connectivity index (χ3n) is 5.19. The Bertz CT molecular complexity index is 1050. The Morgan fingerprint density at radius 3 is 2.84 bits per heavy atom. The van der Waals surface area contributed by atoms with Gasteiger partial charge in [-0.2, -0.15) is 10.4 Å². The summed E-state index contributed by atoms with van der Waals surface area (Å²) in [5, 5.41) is 22.8. The summed E-state index contributed by atoms with van der Waals surface area (Å²) in [5.74, 6) is 1.90. The molecule has 31 heavy (non-hydrogen) atoms. The van der Waals surface area contributed by atoms with Crippen LogP contribution < -0.4 is 20.3 Å². The first-order valence-electron chi connectivity index (χ1n) is 9.91. The highest BCUT2D eigenvalue weighted by Crippen LogP contribution is 2.34. The first-order chi connectivity index (χ1) is 14.7. The number of rotatable bonds is 6. The number of nitriles is 1. The third-order valence-corrected chi connectivity index (χ3v) is 5.19. The first kappa shape index (κ1) is 22.3. The predicted molar refractivity (Wildman–Crippen MR) is 122 cm³/mol. The van der Waals surface area contributed by atoms with Gasteiger partial charge in [-0.15, -0.1) is 12.4 Å². The summed E-state index contributed by atoms with van der Waals surface area (Å²) in [6, 6.07) is 10.6. The Labute approximate surface area is 187 Å². The molecule has 0 amide bonds. The molecule has 1 fully saturated rings. The van der Waals surface area contributed by atoms with Crippen LogP contribution in [0, 0.1) is 11.3 Å². The highest BCUT2D eigenvalue weighted by atomic mass is 35.5. The van der Waals surface area contributed by atoms with Crippen LogP contribution in [0.25, 0.3) is 11.3 Å². The zero-order chi connectivity index (χ0) is 20.9. The predicted octanol–water partition coefficient (Wildman–Crippen LogP) is 3.10. The van der Waals surface area contributed by atoms with Crippen LogP contribution >= 0.6 is 12.4 Å². The van der Waals surface area contributed by atoms with Gasteiger partial charge in [0.25, 0.3) is 0 Å². The Balaban J connectivity index is 0.00000272. The summed E-state index contributed by atoms with van der Waals surface area (Å²) in [6.45, 7) is 5.15. The number of nitrogens with zero attached hydrogens (tertiary/aromatic N) is 5. The van der Waals surface area contributed by atoms with Crippen LogP contribution in [-0.4, -0.2) is 53.0 Å². The Morgan fingerprint density at radius 2 is 2.13 bits per heavy atom. The third kappa shape index (κ3) is 5.05. The minimum atomic E-state index is 0. The fourth-order valence-corrected chi connectivity index (χ4v) is 3.54. The minimum Gasteiger partial charge on any atom is -0.496 e. The van der Waals surface area contributed by atoms with Crippen LogP contribution in [0.15, 0.2) is 36.7 Å². The van der Waals surface area contributed by atoms with E-state index >= 15 is 0 Å². The molecule has 10 heteroatoms. The van der Waals surface area contributed by atoms with E-state index in [2.05, 4.69) is 60.8 Å². The van der Waals surface area contributed by atoms with Crippen LogP contribution in [0.1, 0.15) is 19.0 Å². The Hall–Kier alpha value is -3.35. The number of benzene rings is 1. The standard InChI is InChI=1S/C21H24N8O.ClH/c1-3-14-13-29(7-6-23-14)16-4-5-17(19(8-16)30-2)18-9-20(28-27-18)26-21-12-24-15(10-22)11-25-21;/h4-5,8-9,11-12,14,23H,3,6-7,13H2,1-2H3,(H2,25,26,27,28);1H/t14-;/m1./s1. The molecule has 1 atom stereocenters. The molecule has 0 unspecified atom stereocenters. The molecule has 4 rings (SSSR count). The van der Waals surface area contributed by atoms with Gasteiger partial charge in [0.15, 0.2) is 11.5 Å². The molecule has 3 heterocycles. The van der Waals surface area contributed by atoms with E-state index < -0.39 is 0 Å². The molecule has 9 nitrogen and oxygen atoms in total. The molecule has 3 aromatic rings. The summed E-state index contributed by atoms with van der Waals surface area (Å²) < 4.78 is 5.67. The van der Waals surface area contributed by atoms with Gasteiger partial charge in [-0.3, -0.25) is 5.10 Å². The number of hydrogen-bond donors (Lipinski definition) is 3. The van der Waals surface area contributed by atoms with Gasteiger partial charge in [0, 0.05) is 49.1 Å². The lowest BCUT2D eigenvalue weighted by Gasteiger charge is -2.35. The van der Waals surface area contributed by atoms with Crippen molar-refractivity contribution < 1.29 is 4.74 Å². The Kier molecular flexibility index (Phi) is 7.28. The van der Waals surface area contributed by atoms with E-state index in [1.165, 1.54) is 12.4 Å². The number of methoxy groups -OCH3 is 1. The van der Waals surface area contributed by atoms with Crippen molar-refractivity contribution in [3.8, 4) is 23.1 Å². The largest absolute Gasteiger partial charge is 0.496 e. The second-order valence-electron chi connectivity index (χ2n) is 7.08. The smallest absolute Gasteiger partial charge is 0.158 e. The quantitative estimate of drug-likeness (QED) is 0.535. The van der Waals surface area contributed by atoms with Crippen LogP contribution in [0.3, 0.4) is 0 Å². The van der Waals surface area contributed by atoms with E-state index in [-0.39, 0.29) is 18.1 Å². The van der Waals surface area contributed by atoms with Gasteiger partial charge < -0.3 is 20.3 Å². The lowest BCUT2D eigenvalue weighted by molar-refractivity contribution is 0.415. The maximum absolute atomic E-state index is 8.82. The number of aromatic amines is 1. The van der Waals surface area contributed by atoms with Gasteiger partial charge in [-0.25, -0.2) is 9.97 Å². The monoisotopic (exact) mass is 440 g/mol. The van der Waals surface area contributed by atoms with Crippen molar-refractivity contribution >= 4 is 29.7 Å². The van der Waals surface area contributed by atoms with E-state index in [0.29, 0.717) is 17.7 Å². The second-order valence-corrected chi connectivity index (χ2v) is 7.08. The van der Waals surface area contributed by atoms with Crippen molar-refractivity contribution in [2.75, 3.05) is 37.0 Å². The van der Waals surface area contributed by atoms with Gasteiger partial charge in [-0.1, -0.05) is 6.92 Å². The van der Waals surface area contributed by atoms with E-state index in [9.17, 15) is 0 Å². The zero-order valence-electron chi connectivity index (χ0n) is 17.4. The molecule has 0 bridgehead atoms. The summed E-state index contributed by atoms with van der Waals surface area (Å²) >= 11 is 0. The van der Waals surface area contributed by atoms with E-state index in [4.69, 9.17) is 10.00 Å². The average molecular weight is 441 g/mol. The van der Waals surface area contributed by atoms with Crippen molar-refractivity contribution in [1.29, 1.82) is 5.26 Å². The number of hydrogen-bond acceptors (Lipinski definition) is 8. The molecule has 0 radical (unpaired) electrons. The number of piperazine rings is 1. The highest BCUT2D eigenvalue weighted by Gasteiger charge is 2.19. The van der Waals surface area contributed by atoms with E-state index in [1.807, 2.05) is 12.1 Å². The molecule has 0 saturated carbocycles. The second kappa shape index (κ2) is 10.1. The number of nitrogens with one attached hydrogen (secondary N) is 3. The summed E-state index contributed by atoms with van der Waals surface area (Å²) in [7, 11) is 1.68. The molecule has 162 valence electrons. The van der Waals surface area contributed by atoms with Crippen LogP contribution in [0.4, 0.5) is 17.3 Å². The highest BCUT2D eigenvalue weighted by molar-refractivity contribution is 5.85. The summed E-state index contributed by atoms with van der Waals surface area (Å²) in [5.41, 5.74) is 3.17. The molecular weight excluding hydrogens is 416 g/mol. The maximum Gasteiger partial charge on any atom is 0.158 e. The van der Waals surface area contributed by atoms with Crippen molar-refractivity contribution in [2.24, 2.45) is 0 Å². The van der Waals surface area contributed by atoms with Crippen LogP contribution in [0.2, 0.25) is 0 Å². The van der Waals surface area contributed by atoms with Gasteiger partial charge >= 0.3 is 0 Å². The van der Waals surface area contributed by atoms with Gasteiger partial charge in [0.1, 0.15) is 17.6 Å². The fraction of sp³-hybridized carbons (Fsp3) is 0.333. The van der Waals surface area contributed by atoms with Gasteiger partial charge in [-0.05, 0) is 18.6 Å². The van der Waals surface area contributed by atoms with E-state index in [0.717, 1.165) is 48.7 Å². The SMILES string of the molecule is CC[C@@H]1CN(c2ccc(-c3cc(Nc4cnc(C#N)cn4)n[nH]3)c(OC)c2)CCN1.Cl. The van der Waals surface area contributed by atoms with Gasteiger partial charge in [0.2, 0.25) is 0 Å². The number of halogens is 1. The lowest BCUT2D eigenvalue weighted by atomic mass is 10.1. The molecule has 1 saturated heterocycles. The van der Waals surface area contributed by atoms with E-state index in [1.54, 1.807) is 7.11 Å². The topological polar surface area (TPSA) is 115 Å². The normalized spacial score (nSPS) is 15.6. The average Bonchev–Trinajstić information content (AvgIpc) is 3.27. The Morgan fingerprint density at radius 1 is 1.26 bits per heavy atom. The van der Waals surface area contributed by atoms with Crippen molar-refractivity contribution in [3.63, 3.8) is 0 Å². The van der Waals surface area contributed by atoms with Gasteiger partial charge in [0.05, 0.1) is 25.2 Å². The molecule has 1 aliphatic rings. The molecule has 2 aromatic heterocycles. The van der Waals surface area contributed by atoms with Crippen LogP contribution in [0.5, 0.6) is 5.75 Å². The number of H-pyrrole nitrogens is 1.